The average Bonchev–Trinajstić information content (AvgIpc) is 2.90. The number of hydrogen-bond acceptors (Lipinski definition) is 4. The molecule has 0 spiro atoms. The molecule has 2 unspecified atom stereocenters. The zero-order valence-corrected chi connectivity index (χ0v) is 12.9. The molecule has 110 valence electrons. The van der Waals surface area contributed by atoms with E-state index >= 15 is 0 Å². The Morgan fingerprint density at radius 1 is 1.43 bits per heavy atom. The fourth-order valence-corrected chi connectivity index (χ4v) is 3.07. The third-order valence-corrected chi connectivity index (χ3v) is 4.37. The lowest BCUT2D eigenvalue weighted by Crippen LogP contribution is -2.31. The highest BCUT2D eigenvalue weighted by Gasteiger charge is 2.24. The summed E-state index contributed by atoms with van der Waals surface area (Å²) in [7, 11) is 0. The molecule has 0 saturated heterocycles. The fraction of sp³-hybridized carbons (Fsp3) is 0.267. The van der Waals surface area contributed by atoms with Gasteiger partial charge in [-0.1, -0.05) is 24.6 Å². The average molecular weight is 325 g/mol. The van der Waals surface area contributed by atoms with Gasteiger partial charge < -0.3 is 10.5 Å². The summed E-state index contributed by atoms with van der Waals surface area (Å²) in [6.07, 6.45) is 0.207. The van der Waals surface area contributed by atoms with Crippen LogP contribution in [0.15, 0.2) is 30.3 Å². The number of hydrogen-bond donors (Lipinski definition) is 1. The fourth-order valence-electron chi connectivity index (χ4n) is 1.90. The zero-order valence-electron chi connectivity index (χ0n) is 11.3. The molecule has 1 aromatic heterocycles. The Balaban J connectivity index is 2.37. The maximum absolute atomic E-state index is 13.6. The van der Waals surface area contributed by atoms with Crippen LogP contribution in [0.25, 0.3) is 0 Å². The van der Waals surface area contributed by atoms with Gasteiger partial charge in [0.15, 0.2) is 0 Å². The van der Waals surface area contributed by atoms with Gasteiger partial charge in [-0.2, -0.15) is 5.26 Å². The highest BCUT2D eigenvalue weighted by molar-refractivity contribution is 7.16. The van der Waals surface area contributed by atoms with Gasteiger partial charge in [0.25, 0.3) is 0 Å². The SMILES string of the molecule is CCC(N)C(Oc1cccc(F)c1C#N)c1ccc(Cl)s1. The molecule has 2 N–H and O–H groups in total. The summed E-state index contributed by atoms with van der Waals surface area (Å²) >= 11 is 7.31. The van der Waals surface area contributed by atoms with E-state index in [1.54, 1.807) is 12.1 Å². The van der Waals surface area contributed by atoms with Crippen molar-refractivity contribution in [2.45, 2.75) is 25.5 Å². The van der Waals surface area contributed by atoms with E-state index in [2.05, 4.69) is 0 Å². The van der Waals surface area contributed by atoms with Crippen molar-refractivity contribution in [3.63, 3.8) is 0 Å². The summed E-state index contributed by atoms with van der Waals surface area (Å²) in [6, 6.07) is 9.42. The van der Waals surface area contributed by atoms with Crippen molar-refractivity contribution in [1.29, 1.82) is 5.26 Å². The van der Waals surface area contributed by atoms with E-state index in [9.17, 15) is 4.39 Å². The normalized spacial score (nSPS) is 13.5. The first-order chi connectivity index (χ1) is 10.1. The monoisotopic (exact) mass is 324 g/mol. The Bertz CT molecular complexity index is 668. The molecule has 2 rings (SSSR count). The van der Waals surface area contributed by atoms with Gasteiger partial charge in [-0.15, -0.1) is 11.3 Å². The molecule has 1 aromatic carbocycles. The summed E-state index contributed by atoms with van der Waals surface area (Å²) in [5, 5.41) is 9.06. The summed E-state index contributed by atoms with van der Waals surface area (Å²) in [5.74, 6) is -0.418. The Labute approximate surface area is 131 Å². The number of nitrogens with two attached hydrogens (primary N) is 1. The van der Waals surface area contributed by atoms with E-state index in [0.29, 0.717) is 10.8 Å². The smallest absolute Gasteiger partial charge is 0.148 e. The van der Waals surface area contributed by atoms with Gasteiger partial charge in [-0.05, 0) is 30.7 Å². The van der Waals surface area contributed by atoms with E-state index in [0.717, 1.165) is 4.88 Å². The van der Waals surface area contributed by atoms with Gasteiger partial charge in [-0.25, -0.2) is 4.39 Å². The van der Waals surface area contributed by atoms with Crippen LogP contribution in [0.1, 0.15) is 29.9 Å². The third kappa shape index (κ3) is 3.53. The molecule has 2 aromatic rings. The number of benzene rings is 1. The Hall–Kier alpha value is -1.61. The van der Waals surface area contributed by atoms with E-state index in [4.69, 9.17) is 27.3 Å². The number of nitriles is 1. The quantitative estimate of drug-likeness (QED) is 0.893. The van der Waals surface area contributed by atoms with Gasteiger partial charge >= 0.3 is 0 Å². The van der Waals surface area contributed by atoms with Crippen LogP contribution in [0.5, 0.6) is 5.75 Å². The van der Waals surface area contributed by atoms with Crippen LogP contribution in [0.3, 0.4) is 0 Å². The Morgan fingerprint density at radius 2 is 2.19 bits per heavy atom. The minimum atomic E-state index is -0.608. The number of rotatable bonds is 5. The number of thiophene rings is 1. The third-order valence-electron chi connectivity index (χ3n) is 3.08. The van der Waals surface area contributed by atoms with Crippen LogP contribution in [-0.2, 0) is 0 Å². The number of nitrogens with zero attached hydrogens (tertiary/aromatic N) is 1. The number of ether oxygens (including phenoxy) is 1. The van der Waals surface area contributed by atoms with Crippen molar-refractivity contribution in [3.8, 4) is 11.8 Å². The van der Waals surface area contributed by atoms with Crippen LogP contribution in [-0.4, -0.2) is 6.04 Å². The second kappa shape index (κ2) is 6.90. The molecule has 1 heterocycles. The molecule has 0 bridgehead atoms. The van der Waals surface area contributed by atoms with Crippen molar-refractivity contribution in [2.75, 3.05) is 0 Å². The van der Waals surface area contributed by atoms with E-state index in [1.165, 1.54) is 23.5 Å². The van der Waals surface area contributed by atoms with Crippen molar-refractivity contribution in [2.24, 2.45) is 5.73 Å². The molecule has 6 heteroatoms. The van der Waals surface area contributed by atoms with Gasteiger partial charge in [-0.3, -0.25) is 0 Å². The zero-order chi connectivity index (χ0) is 15.4. The molecular weight excluding hydrogens is 311 g/mol. The minimum Gasteiger partial charge on any atom is -0.482 e. The summed E-state index contributed by atoms with van der Waals surface area (Å²) in [6.45, 7) is 1.94. The maximum Gasteiger partial charge on any atom is 0.148 e. The predicted molar refractivity (Wildman–Crippen MR) is 82.1 cm³/mol. The second-order valence-corrected chi connectivity index (χ2v) is 6.22. The van der Waals surface area contributed by atoms with E-state index in [-0.39, 0.29) is 17.4 Å². The van der Waals surface area contributed by atoms with Crippen LogP contribution < -0.4 is 10.5 Å². The molecule has 21 heavy (non-hydrogen) atoms. The molecule has 0 aliphatic carbocycles. The van der Waals surface area contributed by atoms with Gasteiger partial charge in [0.1, 0.15) is 29.3 Å². The molecule has 2 atom stereocenters. The molecule has 0 fully saturated rings. The lowest BCUT2D eigenvalue weighted by Gasteiger charge is -2.23. The summed E-state index contributed by atoms with van der Waals surface area (Å²) < 4.78 is 20.1. The second-order valence-electron chi connectivity index (χ2n) is 4.48. The largest absolute Gasteiger partial charge is 0.482 e. The minimum absolute atomic E-state index is 0.117. The number of halogens is 2. The molecule has 3 nitrogen and oxygen atoms in total. The highest BCUT2D eigenvalue weighted by atomic mass is 35.5. The van der Waals surface area contributed by atoms with Crippen molar-refractivity contribution in [1.82, 2.24) is 0 Å². The molecule has 0 aliphatic heterocycles. The van der Waals surface area contributed by atoms with E-state index in [1.807, 2.05) is 19.1 Å². The maximum atomic E-state index is 13.6. The van der Waals surface area contributed by atoms with Crippen molar-refractivity contribution in [3.05, 3.63) is 50.9 Å². The summed E-state index contributed by atoms with van der Waals surface area (Å²) in [4.78, 5) is 0.850. The van der Waals surface area contributed by atoms with Crippen molar-refractivity contribution >= 4 is 22.9 Å². The molecule has 0 saturated carbocycles. The van der Waals surface area contributed by atoms with Crippen LogP contribution in [0.4, 0.5) is 4.39 Å². The van der Waals surface area contributed by atoms with Gasteiger partial charge in [0.05, 0.1) is 4.34 Å². The Morgan fingerprint density at radius 3 is 2.76 bits per heavy atom. The topological polar surface area (TPSA) is 59.0 Å². The van der Waals surface area contributed by atoms with Gasteiger partial charge in [0, 0.05) is 10.9 Å². The molecule has 0 aliphatic rings. The Kier molecular flexibility index (Phi) is 5.18. The lowest BCUT2D eigenvalue weighted by molar-refractivity contribution is 0.173. The van der Waals surface area contributed by atoms with Crippen molar-refractivity contribution < 1.29 is 9.13 Å². The molecular formula is C15H14ClFN2OS. The van der Waals surface area contributed by atoms with Gasteiger partial charge in [0.2, 0.25) is 0 Å². The first kappa shape index (κ1) is 15.8. The molecule has 0 radical (unpaired) electrons. The molecule has 0 amide bonds. The standard InChI is InChI=1S/C15H14ClFN2OS/c1-2-11(19)15(13-6-7-14(16)21-13)20-12-5-3-4-10(17)9(12)8-18/h3-7,11,15H,2,19H2,1H3. The van der Waals surface area contributed by atoms with Crippen LogP contribution in [0, 0.1) is 17.1 Å². The summed E-state index contributed by atoms with van der Waals surface area (Å²) in [5.41, 5.74) is 5.98. The first-order valence-electron chi connectivity index (χ1n) is 6.43. The van der Waals surface area contributed by atoms with Crippen LogP contribution >= 0.6 is 22.9 Å². The first-order valence-corrected chi connectivity index (χ1v) is 7.62. The van der Waals surface area contributed by atoms with Crippen LogP contribution in [0.2, 0.25) is 4.34 Å². The predicted octanol–water partition coefficient (Wildman–Crippen LogP) is 4.27. The van der Waals surface area contributed by atoms with E-state index < -0.39 is 11.9 Å². The lowest BCUT2D eigenvalue weighted by atomic mass is 10.1. The highest BCUT2D eigenvalue weighted by Crippen LogP contribution is 2.34.